The highest BCUT2D eigenvalue weighted by Gasteiger charge is 2.46. The van der Waals surface area contributed by atoms with E-state index in [4.69, 9.17) is 0 Å². The van der Waals surface area contributed by atoms with E-state index in [1.807, 2.05) is 0 Å². The number of ketones is 1. The van der Waals surface area contributed by atoms with Crippen molar-refractivity contribution in [3.63, 3.8) is 0 Å². The first-order valence-electron chi connectivity index (χ1n) is 9.83. The number of carbonyl (C=O) groups excluding carboxylic acids is 5. The van der Waals surface area contributed by atoms with Gasteiger partial charge in [-0.3, -0.25) is 19.2 Å². The number of nitrogens with one attached hydrogen (secondary N) is 2. The number of amides is 3. The number of hydrogen-bond donors (Lipinski definition) is 2. The van der Waals surface area contributed by atoms with Crippen molar-refractivity contribution in [2.75, 3.05) is 13.7 Å². The summed E-state index contributed by atoms with van der Waals surface area (Å²) in [7, 11) is 1.00. The van der Waals surface area contributed by atoms with Crippen LogP contribution in [0, 0.1) is 11.8 Å². The van der Waals surface area contributed by atoms with Gasteiger partial charge in [0.2, 0.25) is 11.8 Å². The van der Waals surface area contributed by atoms with Gasteiger partial charge >= 0.3 is 18.1 Å². The Morgan fingerprint density at radius 3 is 1.97 bits per heavy atom. The lowest BCUT2D eigenvalue weighted by Crippen LogP contribution is -2.58. The van der Waals surface area contributed by atoms with Crippen molar-refractivity contribution in [1.29, 1.82) is 0 Å². The number of alkyl halides is 3. The molecule has 0 bridgehead atoms. The molecule has 176 valence electrons. The Hall–Kier alpha value is -2.66. The largest absolute Gasteiger partial charge is 0.462 e. The lowest BCUT2D eigenvalue weighted by Gasteiger charge is -2.31. The van der Waals surface area contributed by atoms with Crippen LogP contribution in [0.15, 0.2) is 0 Å². The van der Waals surface area contributed by atoms with E-state index in [1.54, 1.807) is 13.8 Å². The molecule has 9 nitrogen and oxygen atoms in total. The molecule has 1 heterocycles. The molecule has 0 aromatic rings. The standard InChI is InChI=1S/C19H28F3N3O6/c1-9(2)12(14(26)19(20,21)22)23-15(27)11-7-6-8-25(11)17(29)13(10(3)4)24-16(28)18(30)31-5/h9-13H,6-8H2,1-5H3,(H,23,27)(H,24,28)/t11-,12?,13-/m0/s1. The quantitative estimate of drug-likeness (QED) is 0.431. The van der Waals surface area contributed by atoms with Crippen LogP contribution < -0.4 is 10.6 Å². The Morgan fingerprint density at radius 2 is 1.52 bits per heavy atom. The third-order valence-electron chi connectivity index (χ3n) is 4.95. The summed E-state index contributed by atoms with van der Waals surface area (Å²) in [6, 6.07) is -4.05. The number of methoxy groups -OCH3 is 1. The molecule has 2 N–H and O–H groups in total. The van der Waals surface area contributed by atoms with Crippen molar-refractivity contribution in [2.24, 2.45) is 11.8 Å². The fraction of sp³-hybridized carbons (Fsp3) is 0.737. The molecule has 31 heavy (non-hydrogen) atoms. The molecule has 12 heteroatoms. The number of hydrogen-bond acceptors (Lipinski definition) is 6. The molecule has 1 aliphatic rings. The van der Waals surface area contributed by atoms with Gasteiger partial charge in [0.15, 0.2) is 0 Å². The Morgan fingerprint density at radius 1 is 0.968 bits per heavy atom. The molecule has 1 unspecified atom stereocenters. The number of carbonyl (C=O) groups is 5. The lowest BCUT2D eigenvalue weighted by atomic mass is 9.98. The average Bonchev–Trinajstić information content (AvgIpc) is 3.16. The predicted octanol–water partition coefficient (Wildman–Crippen LogP) is 0.563. The van der Waals surface area contributed by atoms with Gasteiger partial charge in [-0.05, 0) is 24.7 Å². The summed E-state index contributed by atoms with van der Waals surface area (Å²) in [6.45, 7) is 6.09. The molecule has 3 atom stereocenters. The summed E-state index contributed by atoms with van der Waals surface area (Å²) >= 11 is 0. The highest BCUT2D eigenvalue weighted by molar-refractivity contribution is 6.32. The SMILES string of the molecule is COC(=O)C(=O)N[C@H](C(=O)N1CCC[C@H]1C(=O)NC(C(=O)C(F)(F)F)C(C)C)C(C)C. The number of nitrogens with zero attached hydrogens (tertiary/aromatic N) is 1. The van der Waals surface area contributed by atoms with Crippen LogP contribution in [0.1, 0.15) is 40.5 Å². The second kappa shape index (κ2) is 10.6. The molecule has 1 saturated heterocycles. The van der Waals surface area contributed by atoms with Crippen molar-refractivity contribution in [3.8, 4) is 0 Å². The van der Waals surface area contributed by atoms with Crippen molar-refractivity contribution >= 4 is 29.5 Å². The number of likely N-dealkylation sites (tertiary alicyclic amines) is 1. The molecule has 1 aliphatic heterocycles. The van der Waals surface area contributed by atoms with Crippen LogP contribution in [-0.4, -0.2) is 72.3 Å². The van der Waals surface area contributed by atoms with Crippen LogP contribution in [0.25, 0.3) is 0 Å². The molecule has 0 aromatic heterocycles. The summed E-state index contributed by atoms with van der Waals surface area (Å²) < 4.78 is 42.9. The summed E-state index contributed by atoms with van der Waals surface area (Å²) in [6.07, 6.45) is -4.54. The average molecular weight is 451 g/mol. The molecule has 0 aliphatic carbocycles. The minimum atomic E-state index is -5.12. The van der Waals surface area contributed by atoms with Crippen molar-refractivity contribution < 1.29 is 41.9 Å². The van der Waals surface area contributed by atoms with E-state index in [0.717, 1.165) is 12.0 Å². The number of rotatable bonds is 7. The van der Waals surface area contributed by atoms with Gasteiger partial charge in [0.25, 0.3) is 5.78 Å². The third-order valence-corrected chi connectivity index (χ3v) is 4.95. The molecule has 0 aromatic carbocycles. The van der Waals surface area contributed by atoms with Crippen LogP contribution >= 0.6 is 0 Å². The Bertz CT molecular complexity index is 723. The summed E-state index contributed by atoms with van der Waals surface area (Å²) in [5.41, 5.74) is 0. The third kappa shape index (κ3) is 6.66. The van der Waals surface area contributed by atoms with Gasteiger partial charge in [0.05, 0.1) is 13.2 Å². The van der Waals surface area contributed by atoms with Crippen molar-refractivity contribution in [2.45, 2.75) is 64.8 Å². The maximum Gasteiger partial charge on any atom is 0.452 e. The fourth-order valence-electron chi connectivity index (χ4n) is 3.25. The van der Waals surface area contributed by atoms with Crippen LogP contribution in [0.3, 0.4) is 0 Å². The smallest absolute Gasteiger partial charge is 0.452 e. The molecule has 0 spiro atoms. The van der Waals surface area contributed by atoms with Crippen LogP contribution in [0.2, 0.25) is 0 Å². The molecule has 1 fully saturated rings. The van der Waals surface area contributed by atoms with Crippen LogP contribution in [-0.2, 0) is 28.7 Å². The van der Waals surface area contributed by atoms with Crippen molar-refractivity contribution in [1.82, 2.24) is 15.5 Å². The maximum absolute atomic E-state index is 13.0. The predicted molar refractivity (Wildman–Crippen MR) is 101 cm³/mol. The topological polar surface area (TPSA) is 122 Å². The molecule has 0 radical (unpaired) electrons. The summed E-state index contributed by atoms with van der Waals surface area (Å²) in [5, 5.41) is 4.38. The maximum atomic E-state index is 13.0. The van der Waals surface area contributed by atoms with Crippen molar-refractivity contribution in [3.05, 3.63) is 0 Å². The Labute approximate surface area is 178 Å². The molecular formula is C19H28F3N3O6. The normalized spacial score (nSPS) is 18.5. The first kappa shape index (κ1) is 26.4. The van der Waals surface area contributed by atoms with E-state index < -0.39 is 65.6 Å². The van der Waals surface area contributed by atoms with Gasteiger partial charge in [0, 0.05) is 6.54 Å². The van der Waals surface area contributed by atoms with Crippen LogP contribution in [0.4, 0.5) is 13.2 Å². The molecule has 0 saturated carbocycles. The lowest BCUT2D eigenvalue weighted by molar-refractivity contribution is -0.175. The highest BCUT2D eigenvalue weighted by atomic mass is 19.4. The fourth-order valence-corrected chi connectivity index (χ4v) is 3.25. The van der Waals surface area contributed by atoms with E-state index >= 15 is 0 Å². The van der Waals surface area contributed by atoms with Gasteiger partial charge in [-0.1, -0.05) is 27.7 Å². The van der Waals surface area contributed by atoms with Gasteiger partial charge in [-0.2, -0.15) is 13.2 Å². The highest BCUT2D eigenvalue weighted by Crippen LogP contribution is 2.24. The van der Waals surface area contributed by atoms with E-state index in [2.05, 4.69) is 15.4 Å². The second-order valence-corrected chi connectivity index (χ2v) is 7.97. The molecular weight excluding hydrogens is 423 g/mol. The van der Waals surface area contributed by atoms with Gasteiger partial charge < -0.3 is 20.3 Å². The van der Waals surface area contributed by atoms with Gasteiger partial charge in [0.1, 0.15) is 12.1 Å². The molecule has 3 amide bonds. The first-order valence-corrected chi connectivity index (χ1v) is 9.83. The number of halogens is 3. The van der Waals surface area contributed by atoms with E-state index in [-0.39, 0.29) is 13.0 Å². The summed E-state index contributed by atoms with van der Waals surface area (Å²) in [4.78, 5) is 61.7. The minimum absolute atomic E-state index is 0.133. The van der Waals surface area contributed by atoms with Gasteiger partial charge in [-0.15, -0.1) is 0 Å². The Balaban J connectivity index is 3.02. The molecule has 1 rings (SSSR count). The second-order valence-electron chi connectivity index (χ2n) is 7.97. The van der Waals surface area contributed by atoms with E-state index in [0.29, 0.717) is 6.42 Å². The van der Waals surface area contributed by atoms with Crippen LogP contribution in [0.5, 0.6) is 0 Å². The van der Waals surface area contributed by atoms with E-state index in [9.17, 15) is 37.1 Å². The summed E-state index contributed by atoms with van der Waals surface area (Å²) in [5.74, 6) is -7.23. The zero-order chi connectivity index (χ0) is 24.1. The zero-order valence-corrected chi connectivity index (χ0v) is 18.0. The number of ether oxygens (including phenoxy) is 1. The Kier molecular flexibility index (Phi) is 9.00. The number of esters is 1. The van der Waals surface area contributed by atoms with Gasteiger partial charge in [-0.25, -0.2) is 4.79 Å². The number of Topliss-reactive ketones (excluding diaryl/α,β-unsaturated/α-hetero) is 1. The minimum Gasteiger partial charge on any atom is -0.462 e. The van der Waals surface area contributed by atoms with E-state index in [1.165, 1.54) is 13.8 Å². The monoisotopic (exact) mass is 451 g/mol. The first-order chi connectivity index (χ1) is 14.2. The zero-order valence-electron chi connectivity index (χ0n) is 18.0.